The molecule has 2 aliphatic heterocycles. The van der Waals surface area contributed by atoms with Gasteiger partial charge in [-0.25, -0.2) is 9.50 Å². The van der Waals surface area contributed by atoms with Crippen LogP contribution in [0.2, 0.25) is 0 Å². The van der Waals surface area contributed by atoms with Gasteiger partial charge in [0.25, 0.3) is 0 Å². The lowest BCUT2D eigenvalue weighted by Gasteiger charge is -2.30. The molecule has 9 heteroatoms. The number of fused-ring (bicyclic) bond motifs is 4. The summed E-state index contributed by atoms with van der Waals surface area (Å²) in [5, 5.41) is 17.2. The van der Waals surface area contributed by atoms with Gasteiger partial charge in [-0.05, 0) is 54.4 Å². The minimum Gasteiger partial charge on any atom is -0.366 e. The van der Waals surface area contributed by atoms with Crippen LogP contribution in [0.5, 0.6) is 0 Å². The minimum absolute atomic E-state index is 0.576. The first-order valence-corrected chi connectivity index (χ1v) is 13.5. The summed E-state index contributed by atoms with van der Waals surface area (Å²) in [6.07, 6.45) is 8.55. The Morgan fingerprint density at radius 1 is 0.974 bits per heavy atom. The van der Waals surface area contributed by atoms with Crippen LogP contribution in [0.4, 0.5) is 5.69 Å². The molecule has 8 nitrogen and oxygen atoms in total. The van der Waals surface area contributed by atoms with E-state index in [1.165, 1.54) is 12.1 Å². The van der Waals surface area contributed by atoms with Crippen LogP contribution in [0, 0.1) is 0 Å². The number of halogens is 1. The standard InChI is InChI=1S/C29H23BrN8/c30-24-13-19(37-16-18-12-20(37)14-33-18)4-5-22(24)26-8-11-32-29-27(21-2-1-3-25-23(21)15-34-35-25)28(36-38(26)29)17-6-9-31-10-7-17/h1-11,13,15,18,20,33H,12,14,16H2,(H,34,35). The maximum absolute atomic E-state index is 5.16. The molecule has 6 aromatic rings. The average molecular weight is 563 g/mol. The Hall–Kier alpha value is -4.08. The molecular weight excluding hydrogens is 540 g/mol. The Bertz CT molecular complexity index is 1830. The highest BCUT2D eigenvalue weighted by Gasteiger charge is 2.37. The molecule has 0 radical (unpaired) electrons. The Morgan fingerprint density at radius 3 is 2.71 bits per heavy atom. The van der Waals surface area contributed by atoms with E-state index >= 15 is 0 Å². The van der Waals surface area contributed by atoms with Gasteiger partial charge >= 0.3 is 0 Å². The van der Waals surface area contributed by atoms with Gasteiger partial charge in [0, 0.05) is 70.4 Å². The summed E-state index contributed by atoms with van der Waals surface area (Å²) >= 11 is 3.89. The molecule has 186 valence electrons. The van der Waals surface area contributed by atoms with Crippen molar-refractivity contribution >= 4 is 38.2 Å². The van der Waals surface area contributed by atoms with Crippen LogP contribution < -0.4 is 10.2 Å². The lowest BCUT2D eigenvalue weighted by Crippen LogP contribution is -2.43. The van der Waals surface area contributed by atoms with E-state index in [0.29, 0.717) is 12.1 Å². The molecule has 2 atom stereocenters. The van der Waals surface area contributed by atoms with Crippen LogP contribution in [-0.2, 0) is 0 Å². The average Bonchev–Trinajstić information content (AvgIpc) is 3.76. The second kappa shape index (κ2) is 8.47. The van der Waals surface area contributed by atoms with Crippen molar-refractivity contribution in [3.05, 3.63) is 83.9 Å². The first-order chi connectivity index (χ1) is 18.7. The number of hydrogen-bond acceptors (Lipinski definition) is 6. The van der Waals surface area contributed by atoms with Crippen molar-refractivity contribution in [2.45, 2.75) is 18.5 Å². The molecule has 0 amide bonds. The summed E-state index contributed by atoms with van der Waals surface area (Å²) in [6.45, 7) is 2.12. The molecule has 2 aliphatic rings. The zero-order chi connectivity index (χ0) is 25.2. The van der Waals surface area contributed by atoms with Crippen LogP contribution >= 0.6 is 15.9 Å². The third kappa shape index (κ3) is 3.32. The van der Waals surface area contributed by atoms with Crippen molar-refractivity contribution < 1.29 is 0 Å². The van der Waals surface area contributed by atoms with Crippen molar-refractivity contribution in [3.63, 3.8) is 0 Å². The van der Waals surface area contributed by atoms with Gasteiger partial charge in [-0.1, -0.05) is 28.1 Å². The van der Waals surface area contributed by atoms with E-state index in [1.807, 2.05) is 47.2 Å². The fraction of sp³-hybridized carbons (Fsp3) is 0.172. The summed E-state index contributed by atoms with van der Waals surface area (Å²) in [7, 11) is 0. The number of pyridine rings is 1. The van der Waals surface area contributed by atoms with Crippen LogP contribution in [0.25, 0.3) is 50.2 Å². The molecule has 2 unspecified atom stereocenters. The van der Waals surface area contributed by atoms with Crippen molar-refractivity contribution in [2.24, 2.45) is 0 Å². The van der Waals surface area contributed by atoms with Gasteiger partial charge in [-0.3, -0.25) is 10.1 Å². The topological polar surface area (TPSA) is 87.0 Å². The maximum atomic E-state index is 5.16. The van der Waals surface area contributed by atoms with Crippen LogP contribution in [0.1, 0.15) is 6.42 Å². The smallest absolute Gasteiger partial charge is 0.164 e. The minimum atomic E-state index is 0.576. The number of benzene rings is 2. The van der Waals surface area contributed by atoms with Crippen molar-refractivity contribution in [2.75, 3.05) is 18.0 Å². The number of anilines is 1. The molecule has 2 N–H and O–H groups in total. The number of aromatic amines is 1. The van der Waals surface area contributed by atoms with Gasteiger partial charge in [0.05, 0.1) is 23.0 Å². The quantitative estimate of drug-likeness (QED) is 0.302. The summed E-state index contributed by atoms with van der Waals surface area (Å²) in [4.78, 5) is 11.6. The molecule has 2 bridgehead atoms. The number of H-pyrrole nitrogens is 1. The van der Waals surface area contributed by atoms with E-state index in [0.717, 1.165) is 67.8 Å². The van der Waals surface area contributed by atoms with Crippen molar-refractivity contribution in [1.82, 2.24) is 35.1 Å². The molecule has 4 aromatic heterocycles. The zero-order valence-electron chi connectivity index (χ0n) is 20.3. The highest BCUT2D eigenvalue weighted by atomic mass is 79.9. The van der Waals surface area contributed by atoms with Gasteiger partial charge < -0.3 is 10.2 Å². The van der Waals surface area contributed by atoms with Gasteiger partial charge in [-0.15, -0.1) is 0 Å². The SMILES string of the molecule is Brc1cc(N2CC3CC2CN3)ccc1-c1ccnc2c(-c3cccc4[nH]ncc34)c(-c3ccncc3)nn12. The summed E-state index contributed by atoms with van der Waals surface area (Å²) < 4.78 is 3.00. The lowest BCUT2D eigenvalue weighted by atomic mass is 9.99. The van der Waals surface area contributed by atoms with Crippen LogP contribution in [-0.4, -0.2) is 55.0 Å². The van der Waals surface area contributed by atoms with Gasteiger partial charge in [0.15, 0.2) is 5.65 Å². The predicted molar refractivity (Wildman–Crippen MR) is 152 cm³/mol. The molecule has 38 heavy (non-hydrogen) atoms. The normalized spacial score (nSPS) is 18.7. The predicted octanol–water partition coefficient (Wildman–Crippen LogP) is 5.31. The van der Waals surface area contributed by atoms with E-state index in [2.05, 4.69) is 65.6 Å². The molecule has 0 spiro atoms. The molecule has 0 aliphatic carbocycles. The highest BCUT2D eigenvalue weighted by molar-refractivity contribution is 9.10. The first-order valence-electron chi connectivity index (χ1n) is 12.7. The molecular formula is C29H23BrN8. The maximum Gasteiger partial charge on any atom is 0.164 e. The zero-order valence-corrected chi connectivity index (χ0v) is 21.9. The Kier molecular flexibility index (Phi) is 4.89. The fourth-order valence-corrected chi connectivity index (χ4v) is 6.63. The molecule has 0 saturated carbocycles. The third-order valence-corrected chi connectivity index (χ3v) is 8.50. The highest BCUT2D eigenvalue weighted by Crippen LogP contribution is 2.40. The van der Waals surface area contributed by atoms with Crippen LogP contribution in [0.3, 0.4) is 0 Å². The van der Waals surface area contributed by atoms with Crippen molar-refractivity contribution in [1.29, 1.82) is 0 Å². The number of nitrogens with one attached hydrogen (secondary N) is 2. The van der Waals surface area contributed by atoms with E-state index in [4.69, 9.17) is 10.1 Å². The second-order valence-corrected chi connectivity index (χ2v) is 10.8. The second-order valence-electron chi connectivity index (χ2n) is 9.97. The number of nitrogens with zero attached hydrogens (tertiary/aromatic N) is 6. The molecule has 6 heterocycles. The van der Waals surface area contributed by atoms with Gasteiger partial charge in [-0.2, -0.15) is 10.2 Å². The Morgan fingerprint density at radius 2 is 1.89 bits per heavy atom. The summed E-state index contributed by atoms with van der Waals surface area (Å²) in [5.41, 5.74) is 8.91. The van der Waals surface area contributed by atoms with Crippen LogP contribution in [0.15, 0.2) is 83.9 Å². The number of aromatic nitrogens is 6. The third-order valence-electron chi connectivity index (χ3n) is 7.84. The van der Waals surface area contributed by atoms with E-state index in [1.54, 1.807) is 12.4 Å². The summed E-state index contributed by atoms with van der Waals surface area (Å²) in [6, 6.07) is 20.0. The Labute approximate surface area is 226 Å². The van der Waals surface area contributed by atoms with E-state index < -0.39 is 0 Å². The van der Waals surface area contributed by atoms with Gasteiger partial charge in [0.1, 0.15) is 5.69 Å². The lowest BCUT2D eigenvalue weighted by molar-refractivity contribution is 0.580. The van der Waals surface area contributed by atoms with Gasteiger partial charge in [0.2, 0.25) is 0 Å². The Balaban J connectivity index is 1.33. The largest absolute Gasteiger partial charge is 0.366 e. The number of piperazine rings is 1. The van der Waals surface area contributed by atoms with E-state index in [-0.39, 0.29) is 0 Å². The molecule has 2 fully saturated rings. The molecule has 8 rings (SSSR count). The van der Waals surface area contributed by atoms with E-state index in [9.17, 15) is 0 Å². The fourth-order valence-electron chi connectivity index (χ4n) is 6.06. The monoisotopic (exact) mass is 562 g/mol. The van der Waals surface area contributed by atoms with Crippen molar-refractivity contribution in [3.8, 4) is 33.6 Å². The molecule has 2 aromatic carbocycles. The summed E-state index contributed by atoms with van der Waals surface area (Å²) in [5.74, 6) is 0. The number of hydrogen-bond donors (Lipinski definition) is 2. The first kappa shape index (κ1) is 22.0. The molecule has 2 saturated heterocycles. The number of rotatable bonds is 4.